The molecular weight excluding hydrogens is 298 g/mol. The molecule has 122 valence electrons. The van der Waals surface area contributed by atoms with Crippen molar-refractivity contribution in [2.45, 2.75) is 6.92 Å². The van der Waals surface area contributed by atoms with Crippen molar-refractivity contribution in [2.24, 2.45) is 0 Å². The third kappa shape index (κ3) is 3.36. The number of benzene rings is 1. The van der Waals surface area contributed by atoms with Crippen LogP contribution in [0.2, 0.25) is 0 Å². The highest BCUT2D eigenvalue weighted by atomic mass is 16.5. The Labute approximate surface area is 135 Å². The lowest BCUT2D eigenvalue weighted by atomic mass is 10.0. The highest BCUT2D eigenvalue weighted by Gasteiger charge is 2.19. The van der Waals surface area contributed by atoms with E-state index >= 15 is 0 Å². The van der Waals surface area contributed by atoms with Crippen LogP contribution in [-0.2, 0) is 4.74 Å². The Balaban J connectivity index is 2.61. The number of ether oxygens (including phenoxy) is 4. The molecule has 1 heterocycles. The van der Waals surface area contributed by atoms with E-state index in [-0.39, 0.29) is 0 Å². The minimum atomic E-state index is -0.427. The number of methoxy groups -OCH3 is 3. The number of carbonyl (C=O) groups excluding carboxylic acids is 1. The van der Waals surface area contributed by atoms with E-state index in [0.717, 1.165) is 0 Å². The molecule has 0 fully saturated rings. The summed E-state index contributed by atoms with van der Waals surface area (Å²) in [5, 5.41) is 0. The van der Waals surface area contributed by atoms with Crippen LogP contribution in [0.3, 0.4) is 0 Å². The van der Waals surface area contributed by atoms with E-state index in [1.165, 1.54) is 21.3 Å². The molecule has 0 saturated heterocycles. The lowest BCUT2D eigenvalue weighted by molar-refractivity contribution is 0.0527. The number of carbonyl (C=O) groups is 1. The van der Waals surface area contributed by atoms with E-state index in [4.69, 9.17) is 18.9 Å². The molecular formula is C17H19NO5. The fourth-order valence-electron chi connectivity index (χ4n) is 2.23. The molecule has 1 aromatic carbocycles. The van der Waals surface area contributed by atoms with E-state index in [0.29, 0.717) is 40.7 Å². The highest BCUT2D eigenvalue weighted by molar-refractivity contribution is 5.96. The van der Waals surface area contributed by atoms with Gasteiger partial charge in [-0.05, 0) is 31.2 Å². The van der Waals surface area contributed by atoms with E-state index in [2.05, 4.69) is 4.98 Å². The van der Waals surface area contributed by atoms with Gasteiger partial charge in [0.2, 0.25) is 5.75 Å². The second kappa shape index (κ2) is 7.49. The average molecular weight is 317 g/mol. The minimum absolute atomic E-state index is 0.294. The summed E-state index contributed by atoms with van der Waals surface area (Å²) in [5.74, 6) is 1.03. The van der Waals surface area contributed by atoms with Gasteiger partial charge in [-0.15, -0.1) is 0 Å². The molecule has 0 atom stereocenters. The fourth-order valence-corrected chi connectivity index (χ4v) is 2.23. The molecule has 0 N–H and O–H groups in total. The molecule has 0 spiro atoms. The van der Waals surface area contributed by atoms with Crippen LogP contribution in [0.15, 0.2) is 30.5 Å². The summed E-state index contributed by atoms with van der Waals surface area (Å²) in [4.78, 5) is 16.4. The van der Waals surface area contributed by atoms with Crippen molar-refractivity contribution >= 4 is 5.97 Å². The number of rotatable bonds is 6. The van der Waals surface area contributed by atoms with Crippen LogP contribution >= 0.6 is 0 Å². The van der Waals surface area contributed by atoms with Crippen LogP contribution in [0.5, 0.6) is 17.2 Å². The van der Waals surface area contributed by atoms with Crippen LogP contribution in [0, 0.1) is 0 Å². The van der Waals surface area contributed by atoms with Gasteiger partial charge in [0.15, 0.2) is 11.5 Å². The Hall–Kier alpha value is -2.76. The molecule has 0 aliphatic heterocycles. The summed E-state index contributed by atoms with van der Waals surface area (Å²) in [6.07, 6.45) is 1.61. The van der Waals surface area contributed by atoms with Gasteiger partial charge >= 0.3 is 5.97 Å². The molecule has 0 bridgehead atoms. The number of aromatic nitrogens is 1. The van der Waals surface area contributed by atoms with Gasteiger partial charge in [-0.3, -0.25) is 4.98 Å². The molecule has 0 aliphatic rings. The van der Waals surface area contributed by atoms with Crippen molar-refractivity contribution < 1.29 is 23.7 Å². The van der Waals surface area contributed by atoms with Crippen molar-refractivity contribution in [1.82, 2.24) is 4.98 Å². The summed E-state index contributed by atoms with van der Waals surface area (Å²) >= 11 is 0. The molecule has 1 aromatic heterocycles. The van der Waals surface area contributed by atoms with Crippen molar-refractivity contribution in [1.29, 1.82) is 0 Å². The largest absolute Gasteiger partial charge is 0.493 e. The Morgan fingerprint density at radius 1 is 1.09 bits per heavy atom. The maximum atomic E-state index is 12.1. The second-order valence-electron chi connectivity index (χ2n) is 4.53. The molecule has 0 amide bonds. The lowest BCUT2D eigenvalue weighted by Gasteiger charge is -2.15. The van der Waals surface area contributed by atoms with E-state index < -0.39 is 5.97 Å². The second-order valence-corrected chi connectivity index (χ2v) is 4.53. The van der Waals surface area contributed by atoms with Crippen molar-refractivity contribution in [3.8, 4) is 28.5 Å². The standard InChI is InChI=1S/C17H19NO5/c1-5-23-17(19)12-7-6-8-18-15(12)11-9-13(20-2)16(22-4)14(10-11)21-3/h6-10H,5H2,1-4H3. The van der Waals surface area contributed by atoms with Gasteiger partial charge in [0.25, 0.3) is 0 Å². The number of esters is 1. The Morgan fingerprint density at radius 2 is 1.74 bits per heavy atom. The summed E-state index contributed by atoms with van der Waals surface area (Å²) in [6, 6.07) is 6.84. The molecule has 0 radical (unpaired) electrons. The Bertz CT molecular complexity index is 674. The Kier molecular flexibility index (Phi) is 5.41. The summed E-state index contributed by atoms with van der Waals surface area (Å²) in [7, 11) is 4.60. The van der Waals surface area contributed by atoms with Crippen LogP contribution < -0.4 is 14.2 Å². The first kappa shape index (κ1) is 16.6. The zero-order valence-corrected chi connectivity index (χ0v) is 13.6. The van der Waals surface area contributed by atoms with Gasteiger partial charge in [0, 0.05) is 11.8 Å². The van der Waals surface area contributed by atoms with Gasteiger partial charge in [0.1, 0.15) is 0 Å². The topological polar surface area (TPSA) is 66.9 Å². The molecule has 0 aliphatic carbocycles. The summed E-state index contributed by atoms with van der Waals surface area (Å²) < 4.78 is 21.1. The molecule has 23 heavy (non-hydrogen) atoms. The van der Waals surface area contributed by atoms with Gasteiger partial charge in [-0.2, -0.15) is 0 Å². The summed E-state index contributed by atoms with van der Waals surface area (Å²) in [5.41, 5.74) is 1.54. The molecule has 0 unspecified atom stereocenters. The van der Waals surface area contributed by atoms with E-state index in [1.54, 1.807) is 37.4 Å². The third-order valence-electron chi connectivity index (χ3n) is 3.24. The van der Waals surface area contributed by atoms with E-state index in [1.807, 2.05) is 0 Å². The van der Waals surface area contributed by atoms with Crippen LogP contribution in [0.4, 0.5) is 0 Å². The van der Waals surface area contributed by atoms with E-state index in [9.17, 15) is 4.79 Å². The van der Waals surface area contributed by atoms with Gasteiger partial charge in [-0.25, -0.2) is 4.79 Å². The monoisotopic (exact) mass is 317 g/mol. The molecule has 2 aromatic rings. The molecule has 0 saturated carbocycles. The fraction of sp³-hybridized carbons (Fsp3) is 0.294. The lowest BCUT2D eigenvalue weighted by Crippen LogP contribution is -2.07. The number of hydrogen-bond acceptors (Lipinski definition) is 6. The van der Waals surface area contributed by atoms with Crippen molar-refractivity contribution in [3.63, 3.8) is 0 Å². The molecule has 2 rings (SSSR count). The van der Waals surface area contributed by atoms with Gasteiger partial charge in [0.05, 0.1) is 39.2 Å². The minimum Gasteiger partial charge on any atom is -0.493 e. The quantitative estimate of drug-likeness (QED) is 0.763. The van der Waals surface area contributed by atoms with Gasteiger partial charge < -0.3 is 18.9 Å². The Morgan fingerprint density at radius 3 is 2.26 bits per heavy atom. The molecule has 6 nitrogen and oxygen atoms in total. The zero-order valence-electron chi connectivity index (χ0n) is 13.6. The average Bonchev–Trinajstić information content (AvgIpc) is 2.60. The number of pyridine rings is 1. The molecule has 6 heteroatoms. The van der Waals surface area contributed by atoms with Crippen LogP contribution in [-0.4, -0.2) is 38.9 Å². The third-order valence-corrected chi connectivity index (χ3v) is 3.24. The van der Waals surface area contributed by atoms with Crippen molar-refractivity contribution in [2.75, 3.05) is 27.9 Å². The van der Waals surface area contributed by atoms with Crippen LogP contribution in [0.1, 0.15) is 17.3 Å². The van der Waals surface area contributed by atoms with Gasteiger partial charge in [-0.1, -0.05) is 0 Å². The number of nitrogens with zero attached hydrogens (tertiary/aromatic N) is 1. The van der Waals surface area contributed by atoms with Crippen LogP contribution in [0.25, 0.3) is 11.3 Å². The predicted octanol–water partition coefficient (Wildman–Crippen LogP) is 2.95. The first-order chi connectivity index (χ1) is 11.2. The first-order valence-electron chi connectivity index (χ1n) is 7.08. The maximum Gasteiger partial charge on any atom is 0.340 e. The highest BCUT2D eigenvalue weighted by Crippen LogP contribution is 2.41. The summed E-state index contributed by atoms with van der Waals surface area (Å²) in [6.45, 7) is 2.05. The smallest absolute Gasteiger partial charge is 0.340 e. The predicted molar refractivity (Wildman–Crippen MR) is 85.3 cm³/mol. The maximum absolute atomic E-state index is 12.1. The normalized spacial score (nSPS) is 10.1. The zero-order chi connectivity index (χ0) is 16.8. The van der Waals surface area contributed by atoms with Crippen molar-refractivity contribution in [3.05, 3.63) is 36.0 Å². The first-order valence-corrected chi connectivity index (χ1v) is 7.08. The SMILES string of the molecule is CCOC(=O)c1cccnc1-c1cc(OC)c(OC)c(OC)c1. The number of hydrogen-bond donors (Lipinski definition) is 0.